The SMILES string of the molecule is NC1=C(N)[C@H](N)N(OS(=O)(=O)O)C=N1. The van der Waals surface area contributed by atoms with Gasteiger partial charge in [-0.2, -0.15) is 8.42 Å². The minimum atomic E-state index is -4.66. The van der Waals surface area contributed by atoms with Crippen molar-refractivity contribution in [1.29, 1.82) is 0 Å². The van der Waals surface area contributed by atoms with E-state index in [4.69, 9.17) is 21.8 Å². The molecule has 1 aliphatic heterocycles. The molecule has 0 spiro atoms. The average Bonchev–Trinajstić information content (AvgIpc) is 2.04. The molecular formula is C4H9N5O4S. The summed E-state index contributed by atoms with van der Waals surface area (Å²) in [6.07, 6.45) is -0.223. The lowest BCUT2D eigenvalue weighted by atomic mass is 10.3. The van der Waals surface area contributed by atoms with E-state index < -0.39 is 16.6 Å². The summed E-state index contributed by atoms with van der Waals surface area (Å²) < 4.78 is 33.0. The fraction of sp³-hybridized carbons (Fsp3) is 0.250. The number of rotatable bonds is 2. The molecule has 1 rings (SSSR count). The fourth-order valence-electron chi connectivity index (χ4n) is 0.728. The summed E-state index contributed by atoms with van der Waals surface area (Å²) in [5, 5.41) is 0.557. The second-order valence-electron chi connectivity index (χ2n) is 2.39. The molecular weight excluding hydrogens is 214 g/mol. The summed E-state index contributed by atoms with van der Waals surface area (Å²) in [5.41, 5.74) is 16.0. The minimum Gasteiger partial charge on any atom is -0.396 e. The maximum atomic E-state index is 10.3. The van der Waals surface area contributed by atoms with Crippen LogP contribution in [0.3, 0.4) is 0 Å². The van der Waals surface area contributed by atoms with Crippen molar-refractivity contribution in [2.75, 3.05) is 0 Å². The van der Waals surface area contributed by atoms with E-state index in [9.17, 15) is 8.42 Å². The van der Waals surface area contributed by atoms with Crippen molar-refractivity contribution in [3.8, 4) is 0 Å². The van der Waals surface area contributed by atoms with Crippen LogP contribution in [0.25, 0.3) is 0 Å². The van der Waals surface area contributed by atoms with E-state index in [-0.39, 0.29) is 11.5 Å². The van der Waals surface area contributed by atoms with Gasteiger partial charge in [-0.15, -0.1) is 4.28 Å². The second kappa shape index (κ2) is 3.42. The zero-order valence-electron chi connectivity index (χ0n) is 6.86. The molecule has 0 bridgehead atoms. The molecule has 0 aromatic heterocycles. The van der Waals surface area contributed by atoms with Crippen molar-refractivity contribution in [2.24, 2.45) is 22.2 Å². The Balaban J connectivity index is 2.84. The first-order valence-corrected chi connectivity index (χ1v) is 4.68. The Morgan fingerprint density at radius 2 is 2.14 bits per heavy atom. The van der Waals surface area contributed by atoms with Gasteiger partial charge in [0.05, 0.1) is 5.70 Å². The topological polar surface area (TPSA) is 157 Å². The van der Waals surface area contributed by atoms with Crippen molar-refractivity contribution >= 4 is 16.7 Å². The first kappa shape index (κ1) is 10.7. The van der Waals surface area contributed by atoms with Crippen molar-refractivity contribution < 1.29 is 17.3 Å². The van der Waals surface area contributed by atoms with Gasteiger partial charge in [-0.05, 0) is 0 Å². The van der Waals surface area contributed by atoms with Crippen LogP contribution >= 0.6 is 0 Å². The van der Waals surface area contributed by atoms with Crippen molar-refractivity contribution in [1.82, 2.24) is 5.06 Å². The van der Waals surface area contributed by atoms with E-state index in [0.29, 0.717) is 5.06 Å². The summed E-state index contributed by atoms with van der Waals surface area (Å²) >= 11 is 0. The molecule has 0 fully saturated rings. The molecule has 1 atom stereocenters. The second-order valence-corrected chi connectivity index (χ2v) is 3.40. The number of hydrogen-bond donors (Lipinski definition) is 4. The molecule has 0 aliphatic carbocycles. The number of hydroxylamine groups is 2. The van der Waals surface area contributed by atoms with Crippen molar-refractivity contribution in [3.05, 3.63) is 11.5 Å². The highest BCUT2D eigenvalue weighted by Crippen LogP contribution is 2.09. The molecule has 14 heavy (non-hydrogen) atoms. The fourth-order valence-corrected chi connectivity index (χ4v) is 1.08. The molecule has 0 saturated carbocycles. The van der Waals surface area contributed by atoms with Crippen LogP contribution in [-0.4, -0.2) is 30.5 Å². The smallest absolute Gasteiger partial charge is 0.396 e. The molecule has 9 nitrogen and oxygen atoms in total. The van der Waals surface area contributed by atoms with E-state index in [1.807, 2.05) is 0 Å². The lowest BCUT2D eigenvalue weighted by molar-refractivity contribution is -0.00878. The molecule has 0 radical (unpaired) electrons. The third-order valence-electron chi connectivity index (χ3n) is 1.38. The van der Waals surface area contributed by atoms with Gasteiger partial charge in [0.25, 0.3) is 0 Å². The summed E-state index contributed by atoms with van der Waals surface area (Å²) in [7, 11) is -4.66. The predicted octanol–water partition coefficient (Wildman–Crippen LogP) is -2.56. The quantitative estimate of drug-likeness (QED) is 0.372. The highest BCUT2D eigenvalue weighted by Gasteiger charge is 2.25. The molecule has 0 unspecified atom stereocenters. The summed E-state index contributed by atoms with van der Waals surface area (Å²) in [6.45, 7) is 0. The van der Waals surface area contributed by atoms with Gasteiger partial charge in [0, 0.05) is 0 Å². The molecule has 0 aromatic carbocycles. The van der Waals surface area contributed by atoms with Crippen LogP contribution in [0.15, 0.2) is 16.5 Å². The zero-order valence-corrected chi connectivity index (χ0v) is 7.68. The van der Waals surface area contributed by atoms with Crippen LogP contribution in [0.1, 0.15) is 0 Å². The number of hydrogen-bond acceptors (Lipinski definition) is 8. The first-order valence-electron chi connectivity index (χ1n) is 3.31. The van der Waals surface area contributed by atoms with E-state index in [1.165, 1.54) is 0 Å². The lowest BCUT2D eigenvalue weighted by Crippen LogP contribution is -2.48. The molecule has 1 heterocycles. The van der Waals surface area contributed by atoms with Gasteiger partial charge < -0.3 is 17.2 Å². The number of nitrogens with two attached hydrogens (primary N) is 3. The summed E-state index contributed by atoms with van der Waals surface area (Å²) in [6, 6.07) is 0. The van der Waals surface area contributed by atoms with Crippen LogP contribution in [0.5, 0.6) is 0 Å². The van der Waals surface area contributed by atoms with Gasteiger partial charge in [0.2, 0.25) is 0 Å². The Hall–Kier alpha value is -1.36. The highest BCUT2D eigenvalue weighted by molar-refractivity contribution is 7.80. The van der Waals surface area contributed by atoms with Gasteiger partial charge >= 0.3 is 10.4 Å². The average molecular weight is 223 g/mol. The van der Waals surface area contributed by atoms with Crippen LogP contribution in [0, 0.1) is 0 Å². The Morgan fingerprint density at radius 3 is 2.64 bits per heavy atom. The van der Waals surface area contributed by atoms with Crippen LogP contribution < -0.4 is 17.2 Å². The Labute approximate surface area is 79.7 Å². The van der Waals surface area contributed by atoms with Crippen molar-refractivity contribution in [3.63, 3.8) is 0 Å². The number of aliphatic imine (C=N–C) groups is 1. The highest BCUT2D eigenvalue weighted by atomic mass is 32.3. The molecule has 0 amide bonds. The third-order valence-corrected chi connectivity index (χ3v) is 1.74. The lowest BCUT2D eigenvalue weighted by Gasteiger charge is -2.26. The number of nitrogens with zero attached hydrogens (tertiary/aromatic N) is 2. The van der Waals surface area contributed by atoms with Gasteiger partial charge in [-0.1, -0.05) is 0 Å². The van der Waals surface area contributed by atoms with E-state index in [1.54, 1.807) is 0 Å². The Kier molecular flexibility index (Phi) is 2.62. The molecule has 0 aromatic rings. The maximum Gasteiger partial charge on any atom is 0.418 e. The normalized spacial score (nSPS) is 23.0. The van der Waals surface area contributed by atoms with Crippen LogP contribution in [0.4, 0.5) is 0 Å². The largest absolute Gasteiger partial charge is 0.418 e. The predicted molar refractivity (Wildman–Crippen MR) is 46.3 cm³/mol. The van der Waals surface area contributed by atoms with Crippen LogP contribution in [0.2, 0.25) is 0 Å². The monoisotopic (exact) mass is 223 g/mol. The van der Waals surface area contributed by atoms with Crippen LogP contribution in [-0.2, 0) is 14.7 Å². The molecule has 80 valence electrons. The summed E-state index contributed by atoms with van der Waals surface area (Å²) in [4.78, 5) is 3.48. The Bertz CT molecular complexity index is 387. The minimum absolute atomic E-state index is 0.0345. The van der Waals surface area contributed by atoms with Gasteiger partial charge in [-0.3, -0.25) is 4.55 Å². The van der Waals surface area contributed by atoms with Gasteiger partial charge in [0.1, 0.15) is 18.3 Å². The zero-order chi connectivity index (χ0) is 10.9. The Morgan fingerprint density at radius 1 is 1.57 bits per heavy atom. The molecule has 10 heteroatoms. The summed E-state index contributed by atoms with van der Waals surface area (Å²) in [5.74, 6) is -0.0345. The van der Waals surface area contributed by atoms with Gasteiger partial charge in [0.15, 0.2) is 0 Å². The van der Waals surface area contributed by atoms with Crippen molar-refractivity contribution in [2.45, 2.75) is 6.17 Å². The first-order chi connectivity index (χ1) is 6.31. The van der Waals surface area contributed by atoms with E-state index in [0.717, 1.165) is 6.34 Å². The third kappa shape index (κ3) is 2.32. The molecule has 1 aliphatic rings. The molecule has 0 saturated heterocycles. The maximum absolute atomic E-state index is 10.3. The standard InChI is InChI=1S/C4H9N5O4S/c5-2-3(6)8-1-9(4(2)7)13-14(10,11)12/h1,4H,5-7H2,(H,10,11,12)/t4-/m1/s1. The van der Waals surface area contributed by atoms with Gasteiger partial charge in [-0.25, -0.2) is 10.1 Å². The van der Waals surface area contributed by atoms with E-state index in [2.05, 4.69) is 9.28 Å². The molecule has 7 N–H and O–H groups in total. The van der Waals surface area contributed by atoms with E-state index >= 15 is 0 Å².